The van der Waals surface area contributed by atoms with Gasteiger partial charge >= 0.3 is 0 Å². The number of carbonyl (C=O) groups excluding carboxylic acids is 2. The van der Waals surface area contributed by atoms with Crippen LogP contribution in [0.15, 0.2) is 87.9 Å². The molecule has 0 fully saturated rings. The van der Waals surface area contributed by atoms with E-state index in [2.05, 4.69) is 31.5 Å². The van der Waals surface area contributed by atoms with Gasteiger partial charge in [-0.25, -0.2) is 0 Å². The lowest BCUT2D eigenvalue weighted by Gasteiger charge is -2.10. The van der Waals surface area contributed by atoms with Gasteiger partial charge in [-0.3, -0.25) is 14.6 Å². The number of aryl methyl sites for hydroxylation is 1. The highest BCUT2D eigenvalue weighted by Crippen LogP contribution is 2.22. The second-order valence-electron chi connectivity index (χ2n) is 7.15. The number of halogens is 1. The molecule has 0 unspecified atom stereocenters. The number of rotatable bonds is 6. The Kier molecular flexibility index (Phi) is 6.47. The van der Waals surface area contributed by atoms with Gasteiger partial charge in [0.2, 0.25) is 0 Å². The molecule has 0 aliphatic rings. The molecule has 2 N–H and O–H groups in total. The third-order valence-corrected chi connectivity index (χ3v) is 5.33. The first-order chi connectivity index (χ1) is 15.5. The van der Waals surface area contributed by atoms with E-state index >= 15 is 0 Å². The van der Waals surface area contributed by atoms with Gasteiger partial charge in [0.05, 0.1) is 23.2 Å². The molecular weight excluding hydrogens is 470 g/mol. The van der Waals surface area contributed by atoms with Crippen LogP contribution in [-0.4, -0.2) is 16.8 Å². The molecule has 6 nitrogen and oxygen atoms in total. The third-order valence-electron chi connectivity index (χ3n) is 4.83. The number of carbonyl (C=O) groups is 2. The summed E-state index contributed by atoms with van der Waals surface area (Å²) in [5.74, 6) is -0.303. The molecular formula is C25H20BrN3O3. The fraction of sp³-hybridized carbons (Fsp3) is 0.0800. The number of anilines is 1. The molecule has 0 aliphatic heterocycles. The van der Waals surface area contributed by atoms with Crippen molar-refractivity contribution in [3.05, 3.63) is 106 Å². The van der Waals surface area contributed by atoms with E-state index < -0.39 is 0 Å². The maximum atomic E-state index is 12.7. The molecule has 0 saturated carbocycles. The zero-order valence-corrected chi connectivity index (χ0v) is 18.8. The Labute approximate surface area is 193 Å². The summed E-state index contributed by atoms with van der Waals surface area (Å²) in [4.78, 5) is 29.5. The zero-order valence-electron chi connectivity index (χ0n) is 17.3. The predicted molar refractivity (Wildman–Crippen MR) is 126 cm³/mol. The average molecular weight is 490 g/mol. The maximum Gasteiger partial charge on any atom is 0.291 e. The Morgan fingerprint density at radius 1 is 0.969 bits per heavy atom. The second kappa shape index (κ2) is 9.62. The highest BCUT2D eigenvalue weighted by molar-refractivity contribution is 9.10. The molecule has 7 heteroatoms. The number of furan rings is 1. The summed E-state index contributed by atoms with van der Waals surface area (Å²) < 4.78 is 6.07. The number of nitrogens with one attached hydrogen (secondary N) is 2. The Balaban J connectivity index is 1.41. The molecule has 32 heavy (non-hydrogen) atoms. The van der Waals surface area contributed by atoms with Gasteiger partial charge in [0.15, 0.2) is 5.76 Å². The summed E-state index contributed by atoms with van der Waals surface area (Å²) in [6.07, 6.45) is 1.45. The van der Waals surface area contributed by atoms with Gasteiger partial charge in [0.25, 0.3) is 11.8 Å². The molecule has 0 saturated heterocycles. The largest absolute Gasteiger partial charge is 0.459 e. The maximum absolute atomic E-state index is 12.7. The number of benzene rings is 2. The minimum atomic E-state index is -0.330. The number of pyridine rings is 1. The summed E-state index contributed by atoms with van der Waals surface area (Å²) >= 11 is 3.47. The lowest BCUT2D eigenvalue weighted by Crippen LogP contribution is -2.24. The lowest BCUT2D eigenvalue weighted by atomic mass is 10.1. The fourth-order valence-electron chi connectivity index (χ4n) is 3.25. The van der Waals surface area contributed by atoms with Crippen LogP contribution >= 0.6 is 15.9 Å². The van der Waals surface area contributed by atoms with Crippen molar-refractivity contribution < 1.29 is 14.0 Å². The molecule has 2 heterocycles. The molecule has 0 radical (unpaired) electrons. The van der Waals surface area contributed by atoms with Crippen molar-refractivity contribution in [2.24, 2.45) is 0 Å². The highest BCUT2D eigenvalue weighted by Gasteiger charge is 2.12. The number of aromatic nitrogens is 1. The standard InChI is InChI=1S/C25H20BrN3O3/c1-16-21(10-11-22(28-16)18-6-3-7-19(26)14-18)24(30)27-15-17-5-2-8-20(13-17)29-25(31)23-9-4-12-32-23/h2-14H,15H2,1H3,(H,27,30)(H,29,31). The van der Waals surface area contributed by atoms with Crippen LogP contribution in [0.2, 0.25) is 0 Å². The average Bonchev–Trinajstić information content (AvgIpc) is 3.33. The molecule has 0 aliphatic carbocycles. The normalized spacial score (nSPS) is 10.6. The quantitative estimate of drug-likeness (QED) is 0.369. The first kappa shape index (κ1) is 21.5. The molecule has 4 aromatic rings. The fourth-order valence-corrected chi connectivity index (χ4v) is 3.65. The topological polar surface area (TPSA) is 84.2 Å². The smallest absolute Gasteiger partial charge is 0.291 e. The van der Waals surface area contributed by atoms with Crippen LogP contribution in [0.5, 0.6) is 0 Å². The van der Waals surface area contributed by atoms with E-state index in [0.29, 0.717) is 23.5 Å². The van der Waals surface area contributed by atoms with E-state index in [0.717, 1.165) is 21.3 Å². The highest BCUT2D eigenvalue weighted by atomic mass is 79.9. The van der Waals surface area contributed by atoms with Gasteiger partial charge in [-0.05, 0) is 61.0 Å². The second-order valence-corrected chi connectivity index (χ2v) is 8.07. The van der Waals surface area contributed by atoms with Crippen molar-refractivity contribution in [2.45, 2.75) is 13.5 Å². The summed E-state index contributed by atoms with van der Waals surface area (Å²) in [7, 11) is 0. The summed E-state index contributed by atoms with van der Waals surface area (Å²) in [5.41, 5.74) is 4.43. The molecule has 160 valence electrons. The number of hydrogen-bond acceptors (Lipinski definition) is 4. The summed E-state index contributed by atoms with van der Waals surface area (Å²) in [5, 5.41) is 5.69. The van der Waals surface area contributed by atoms with E-state index in [-0.39, 0.29) is 17.6 Å². The van der Waals surface area contributed by atoms with Crippen LogP contribution in [-0.2, 0) is 6.54 Å². The van der Waals surface area contributed by atoms with E-state index in [1.165, 1.54) is 6.26 Å². The van der Waals surface area contributed by atoms with Crippen LogP contribution in [0.1, 0.15) is 32.2 Å². The van der Waals surface area contributed by atoms with Crippen LogP contribution in [0.4, 0.5) is 5.69 Å². The summed E-state index contributed by atoms with van der Waals surface area (Å²) in [6.45, 7) is 2.14. The Morgan fingerprint density at radius 2 is 1.81 bits per heavy atom. The van der Waals surface area contributed by atoms with Gasteiger partial charge in [-0.2, -0.15) is 0 Å². The van der Waals surface area contributed by atoms with Gasteiger partial charge in [0, 0.05) is 22.3 Å². The Hall–Kier alpha value is -3.71. The van der Waals surface area contributed by atoms with Crippen molar-refractivity contribution in [2.75, 3.05) is 5.32 Å². The van der Waals surface area contributed by atoms with Crippen molar-refractivity contribution in [1.82, 2.24) is 10.3 Å². The van der Waals surface area contributed by atoms with Crippen molar-refractivity contribution in [3.63, 3.8) is 0 Å². The van der Waals surface area contributed by atoms with Crippen LogP contribution in [0.3, 0.4) is 0 Å². The molecule has 4 rings (SSSR count). The van der Waals surface area contributed by atoms with Crippen molar-refractivity contribution in [1.29, 1.82) is 0 Å². The predicted octanol–water partition coefficient (Wildman–Crippen LogP) is 5.59. The minimum absolute atomic E-state index is 0.208. The lowest BCUT2D eigenvalue weighted by molar-refractivity contribution is 0.0948. The van der Waals surface area contributed by atoms with E-state index in [9.17, 15) is 9.59 Å². The Morgan fingerprint density at radius 3 is 2.56 bits per heavy atom. The molecule has 2 amide bonds. The van der Waals surface area contributed by atoms with Crippen LogP contribution in [0, 0.1) is 6.92 Å². The number of hydrogen-bond donors (Lipinski definition) is 2. The van der Waals surface area contributed by atoms with E-state index in [4.69, 9.17) is 4.42 Å². The third kappa shape index (κ3) is 5.12. The first-order valence-corrected chi connectivity index (χ1v) is 10.7. The SMILES string of the molecule is Cc1nc(-c2cccc(Br)c2)ccc1C(=O)NCc1cccc(NC(=O)c2ccco2)c1. The Bertz CT molecular complexity index is 1270. The molecule has 2 aromatic heterocycles. The molecule has 0 bridgehead atoms. The van der Waals surface area contributed by atoms with Gasteiger partial charge in [-0.15, -0.1) is 0 Å². The van der Waals surface area contributed by atoms with E-state index in [1.54, 1.807) is 24.3 Å². The van der Waals surface area contributed by atoms with Gasteiger partial charge < -0.3 is 15.1 Å². The van der Waals surface area contributed by atoms with Crippen LogP contribution < -0.4 is 10.6 Å². The van der Waals surface area contributed by atoms with Gasteiger partial charge in [-0.1, -0.05) is 40.2 Å². The zero-order chi connectivity index (χ0) is 22.5. The van der Waals surface area contributed by atoms with Crippen molar-refractivity contribution >= 4 is 33.4 Å². The van der Waals surface area contributed by atoms with E-state index in [1.807, 2.05) is 55.5 Å². The van der Waals surface area contributed by atoms with Gasteiger partial charge in [0.1, 0.15) is 0 Å². The van der Waals surface area contributed by atoms with Crippen LogP contribution in [0.25, 0.3) is 11.3 Å². The monoisotopic (exact) mass is 489 g/mol. The van der Waals surface area contributed by atoms with Crippen molar-refractivity contribution in [3.8, 4) is 11.3 Å². The number of nitrogens with zero attached hydrogens (tertiary/aromatic N) is 1. The minimum Gasteiger partial charge on any atom is -0.459 e. The molecule has 0 atom stereocenters. The molecule has 2 aromatic carbocycles. The molecule has 0 spiro atoms. The first-order valence-electron chi connectivity index (χ1n) is 9.95. The number of amides is 2. The summed E-state index contributed by atoms with van der Waals surface area (Å²) in [6, 6.07) is 22.0.